The second-order valence-corrected chi connectivity index (χ2v) is 5.14. The lowest BCUT2D eigenvalue weighted by Gasteiger charge is -2.32. The predicted molar refractivity (Wildman–Crippen MR) is 65.3 cm³/mol. The molecule has 0 aromatic carbocycles. The van der Waals surface area contributed by atoms with Crippen molar-refractivity contribution in [3.8, 4) is 0 Å². The number of pyridine rings is 1. The number of nitrogens with two attached hydrogens (primary N) is 1. The molecule has 0 amide bonds. The van der Waals surface area contributed by atoms with Crippen LogP contribution in [0.1, 0.15) is 42.9 Å². The van der Waals surface area contributed by atoms with Crippen molar-refractivity contribution in [1.29, 1.82) is 0 Å². The number of aromatic nitrogens is 1. The van der Waals surface area contributed by atoms with Gasteiger partial charge in [-0.1, -0.05) is 0 Å². The van der Waals surface area contributed by atoms with Crippen LogP contribution >= 0.6 is 0 Å². The van der Waals surface area contributed by atoms with E-state index in [1.165, 1.54) is 0 Å². The number of nitrogens with zero attached hydrogens (tertiary/aromatic N) is 1. The maximum atomic E-state index is 13.4. The third-order valence-electron chi connectivity index (χ3n) is 3.53. The molecule has 18 heavy (non-hydrogen) atoms. The second kappa shape index (κ2) is 4.80. The molecular formula is C13H18F2N2O. The Balaban J connectivity index is 2.20. The zero-order valence-electron chi connectivity index (χ0n) is 10.4. The zero-order valence-corrected chi connectivity index (χ0v) is 10.4. The highest BCUT2D eigenvalue weighted by molar-refractivity contribution is 5.42. The van der Waals surface area contributed by atoms with E-state index in [2.05, 4.69) is 4.98 Å². The lowest BCUT2D eigenvalue weighted by atomic mass is 9.80. The van der Waals surface area contributed by atoms with Gasteiger partial charge in [-0.15, -0.1) is 0 Å². The van der Waals surface area contributed by atoms with Gasteiger partial charge in [-0.2, -0.15) is 0 Å². The summed E-state index contributed by atoms with van der Waals surface area (Å²) < 4.78 is 26.7. The molecule has 100 valence electrons. The highest BCUT2D eigenvalue weighted by Crippen LogP contribution is 2.42. The van der Waals surface area contributed by atoms with E-state index >= 15 is 0 Å². The molecule has 2 atom stereocenters. The summed E-state index contributed by atoms with van der Waals surface area (Å²) in [6.07, 6.45) is 1.32. The molecule has 3 nitrogen and oxygen atoms in total. The second-order valence-electron chi connectivity index (χ2n) is 5.14. The minimum Gasteiger partial charge on any atom is -0.388 e. The fourth-order valence-corrected chi connectivity index (χ4v) is 2.57. The summed E-state index contributed by atoms with van der Waals surface area (Å²) >= 11 is 0. The highest BCUT2D eigenvalue weighted by Gasteiger charge is 2.39. The molecular weight excluding hydrogens is 238 g/mol. The fourth-order valence-electron chi connectivity index (χ4n) is 2.57. The van der Waals surface area contributed by atoms with E-state index in [9.17, 15) is 13.9 Å². The zero-order chi connectivity index (χ0) is 13.3. The summed E-state index contributed by atoms with van der Waals surface area (Å²) in [5.74, 6) is -2.89. The molecule has 1 aromatic heterocycles. The molecule has 0 radical (unpaired) electrons. The first kappa shape index (κ1) is 13.2. The van der Waals surface area contributed by atoms with Crippen LogP contribution in [0.4, 0.5) is 14.6 Å². The number of aryl methyl sites for hydroxylation is 1. The van der Waals surface area contributed by atoms with E-state index in [-0.39, 0.29) is 18.7 Å². The molecule has 3 N–H and O–H groups in total. The van der Waals surface area contributed by atoms with E-state index < -0.39 is 17.9 Å². The molecule has 0 bridgehead atoms. The average molecular weight is 256 g/mol. The Bertz CT molecular complexity index is 437. The van der Waals surface area contributed by atoms with Crippen LogP contribution in [0.3, 0.4) is 0 Å². The highest BCUT2D eigenvalue weighted by atomic mass is 19.3. The van der Waals surface area contributed by atoms with Crippen LogP contribution in [-0.2, 0) is 0 Å². The number of rotatable bonds is 2. The first-order valence-electron chi connectivity index (χ1n) is 6.17. The normalized spacial score (nSPS) is 24.8. The molecule has 1 saturated carbocycles. The van der Waals surface area contributed by atoms with Crippen molar-refractivity contribution in [2.24, 2.45) is 5.92 Å². The van der Waals surface area contributed by atoms with Crippen LogP contribution in [0.15, 0.2) is 12.3 Å². The van der Waals surface area contributed by atoms with Crippen molar-refractivity contribution in [3.05, 3.63) is 23.4 Å². The molecule has 1 aliphatic rings. The van der Waals surface area contributed by atoms with E-state index in [0.717, 1.165) is 5.56 Å². The van der Waals surface area contributed by atoms with Crippen molar-refractivity contribution in [1.82, 2.24) is 4.98 Å². The standard InChI is InChI=1S/C13H18F2N2O/c1-8-5-10(12(16)17-7-8)11(18)9-3-2-4-13(14,15)6-9/h5,7,9,11,18H,2-4,6H2,1H3,(H2,16,17). The molecule has 1 aromatic rings. The van der Waals surface area contributed by atoms with Gasteiger partial charge in [0.15, 0.2) is 0 Å². The van der Waals surface area contributed by atoms with Crippen LogP contribution in [0.25, 0.3) is 0 Å². The maximum Gasteiger partial charge on any atom is 0.248 e. The summed E-state index contributed by atoms with van der Waals surface area (Å²) in [5.41, 5.74) is 7.04. The molecule has 1 fully saturated rings. The van der Waals surface area contributed by atoms with Gasteiger partial charge >= 0.3 is 0 Å². The first-order chi connectivity index (χ1) is 8.39. The van der Waals surface area contributed by atoms with E-state index in [4.69, 9.17) is 5.73 Å². The van der Waals surface area contributed by atoms with E-state index in [0.29, 0.717) is 18.4 Å². The number of hydrogen-bond donors (Lipinski definition) is 2. The minimum absolute atomic E-state index is 0.0855. The van der Waals surface area contributed by atoms with E-state index in [1.807, 2.05) is 6.92 Å². The summed E-state index contributed by atoms with van der Waals surface area (Å²) in [5, 5.41) is 10.2. The van der Waals surface area contributed by atoms with Crippen molar-refractivity contribution in [2.45, 2.75) is 44.6 Å². The van der Waals surface area contributed by atoms with Gasteiger partial charge in [-0.25, -0.2) is 13.8 Å². The summed E-state index contributed by atoms with van der Waals surface area (Å²) in [7, 11) is 0. The fraction of sp³-hybridized carbons (Fsp3) is 0.615. The lowest BCUT2D eigenvalue weighted by molar-refractivity contribution is -0.0760. The third-order valence-corrected chi connectivity index (χ3v) is 3.53. The Labute approximate surface area is 105 Å². The number of anilines is 1. The smallest absolute Gasteiger partial charge is 0.248 e. The third kappa shape index (κ3) is 2.77. The topological polar surface area (TPSA) is 59.1 Å². The van der Waals surface area contributed by atoms with Crippen LogP contribution in [-0.4, -0.2) is 16.0 Å². The van der Waals surface area contributed by atoms with Crippen molar-refractivity contribution in [3.63, 3.8) is 0 Å². The summed E-state index contributed by atoms with van der Waals surface area (Å²) in [4.78, 5) is 3.96. The van der Waals surface area contributed by atoms with Crippen molar-refractivity contribution < 1.29 is 13.9 Å². The van der Waals surface area contributed by atoms with Crippen LogP contribution in [0.2, 0.25) is 0 Å². The minimum atomic E-state index is -2.67. The van der Waals surface area contributed by atoms with Crippen LogP contribution in [0.5, 0.6) is 0 Å². The summed E-state index contributed by atoms with van der Waals surface area (Å²) in [6, 6.07) is 1.72. The van der Waals surface area contributed by atoms with Crippen molar-refractivity contribution >= 4 is 5.82 Å². The maximum absolute atomic E-state index is 13.4. The SMILES string of the molecule is Cc1cnc(N)c(C(O)C2CCCC(F)(F)C2)c1. The first-order valence-corrected chi connectivity index (χ1v) is 6.17. The molecule has 2 unspecified atom stereocenters. The number of hydrogen-bond acceptors (Lipinski definition) is 3. The number of halogens is 2. The Morgan fingerprint density at radius 3 is 2.94 bits per heavy atom. The Hall–Kier alpha value is -1.23. The number of alkyl halides is 2. The lowest BCUT2D eigenvalue weighted by Crippen LogP contribution is -2.29. The quantitative estimate of drug-likeness (QED) is 0.855. The molecule has 0 spiro atoms. The van der Waals surface area contributed by atoms with Gasteiger partial charge in [-0.05, 0) is 37.3 Å². The van der Waals surface area contributed by atoms with Gasteiger partial charge in [0.1, 0.15) is 5.82 Å². The number of aliphatic hydroxyl groups is 1. The molecule has 5 heteroatoms. The monoisotopic (exact) mass is 256 g/mol. The summed E-state index contributed by atoms with van der Waals surface area (Å²) in [6.45, 7) is 1.83. The average Bonchev–Trinajstić information content (AvgIpc) is 2.30. The Morgan fingerprint density at radius 1 is 1.56 bits per heavy atom. The molecule has 1 aliphatic carbocycles. The number of nitrogen functional groups attached to an aromatic ring is 1. The van der Waals surface area contributed by atoms with Gasteiger partial charge in [0, 0.05) is 24.6 Å². The molecule has 1 heterocycles. The van der Waals surface area contributed by atoms with Gasteiger partial charge in [0.2, 0.25) is 5.92 Å². The van der Waals surface area contributed by atoms with Crippen molar-refractivity contribution in [2.75, 3.05) is 5.73 Å². The van der Waals surface area contributed by atoms with Gasteiger partial charge in [-0.3, -0.25) is 0 Å². The predicted octanol–water partition coefficient (Wildman–Crippen LogP) is 2.83. The molecule has 2 rings (SSSR count). The Kier molecular flexibility index (Phi) is 3.52. The van der Waals surface area contributed by atoms with Gasteiger partial charge in [0.05, 0.1) is 6.10 Å². The molecule has 0 saturated heterocycles. The number of aliphatic hydroxyl groups excluding tert-OH is 1. The van der Waals surface area contributed by atoms with Gasteiger partial charge < -0.3 is 10.8 Å². The van der Waals surface area contributed by atoms with E-state index in [1.54, 1.807) is 12.3 Å². The molecule has 0 aliphatic heterocycles. The van der Waals surface area contributed by atoms with Crippen LogP contribution in [0, 0.1) is 12.8 Å². The van der Waals surface area contributed by atoms with Crippen LogP contribution < -0.4 is 5.73 Å². The largest absolute Gasteiger partial charge is 0.388 e. The van der Waals surface area contributed by atoms with Gasteiger partial charge in [0.25, 0.3) is 0 Å². The Morgan fingerprint density at radius 2 is 2.28 bits per heavy atom.